The van der Waals surface area contributed by atoms with E-state index in [1.807, 2.05) is 0 Å². The molecular weight excluding hydrogens is 282 g/mol. The highest BCUT2D eigenvalue weighted by Gasteiger charge is 2.27. The molecule has 1 fully saturated rings. The van der Waals surface area contributed by atoms with Crippen LogP contribution in [0.5, 0.6) is 0 Å². The SMILES string of the molecule is C=CC(=O)Nc1ccc(S(=O)(=O)N2CCOCC2)nc1. The Morgan fingerprint density at radius 1 is 1.40 bits per heavy atom. The number of pyridine rings is 1. The molecule has 2 rings (SSSR count). The van der Waals surface area contributed by atoms with Crippen LogP contribution in [0.1, 0.15) is 0 Å². The van der Waals surface area contributed by atoms with Crippen LogP contribution in [0, 0.1) is 0 Å². The highest BCUT2D eigenvalue weighted by Crippen LogP contribution is 2.16. The summed E-state index contributed by atoms with van der Waals surface area (Å²) in [4.78, 5) is 15.0. The number of anilines is 1. The van der Waals surface area contributed by atoms with Gasteiger partial charge >= 0.3 is 0 Å². The molecule has 0 aromatic carbocycles. The number of carbonyl (C=O) groups excluding carboxylic acids is 1. The Morgan fingerprint density at radius 3 is 2.65 bits per heavy atom. The number of morpholine rings is 1. The first kappa shape index (κ1) is 14.6. The lowest BCUT2D eigenvalue weighted by Crippen LogP contribution is -2.40. The molecule has 0 atom stereocenters. The number of amides is 1. The van der Waals surface area contributed by atoms with Crippen molar-refractivity contribution in [2.45, 2.75) is 5.03 Å². The molecule has 7 nitrogen and oxygen atoms in total. The fourth-order valence-corrected chi connectivity index (χ4v) is 3.04. The highest BCUT2D eigenvalue weighted by atomic mass is 32.2. The average molecular weight is 297 g/mol. The summed E-state index contributed by atoms with van der Waals surface area (Å²) in [7, 11) is -3.60. The average Bonchev–Trinajstić information content (AvgIpc) is 2.48. The van der Waals surface area contributed by atoms with Gasteiger partial charge in [0.05, 0.1) is 25.1 Å². The second kappa shape index (κ2) is 6.12. The number of nitrogens with zero attached hydrogens (tertiary/aromatic N) is 2. The molecule has 0 radical (unpaired) electrons. The number of hydrogen-bond donors (Lipinski definition) is 1. The number of sulfonamides is 1. The molecule has 0 bridgehead atoms. The Kier molecular flexibility index (Phi) is 4.48. The van der Waals surface area contributed by atoms with Gasteiger partial charge < -0.3 is 10.1 Å². The summed E-state index contributed by atoms with van der Waals surface area (Å²) in [5.41, 5.74) is 0.413. The topological polar surface area (TPSA) is 88.6 Å². The van der Waals surface area contributed by atoms with Crippen LogP contribution >= 0.6 is 0 Å². The van der Waals surface area contributed by atoms with Gasteiger partial charge in [0, 0.05) is 13.1 Å². The molecule has 108 valence electrons. The predicted octanol–water partition coefficient (Wildman–Crippen LogP) is 0.227. The van der Waals surface area contributed by atoms with Crippen LogP contribution in [-0.4, -0.2) is 49.9 Å². The van der Waals surface area contributed by atoms with E-state index in [4.69, 9.17) is 4.74 Å². The van der Waals surface area contributed by atoms with E-state index in [0.29, 0.717) is 32.0 Å². The Bertz CT molecular complexity index is 592. The third-order valence-corrected chi connectivity index (χ3v) is 4.58. The molecule has 1 aliphatic heterocycles. The Labute approximate surface area is 117 Å². The zero-order chi connectivity index (χ0) is 14.6. The summed E-state index contributed by atoms with van der Waals surface area (Å²) in [5.74, 6) is -0.379. The Morgan fingerprint density at radius 2 is 2.10 bits per heavy atom. The molecule has 1 aliphatic rings. The van der Waals surface area contributed by atoms with Crippen molar-refractivity contribution in [2.24, 2.45) is 0 Å². The van der Waals surface area contributed by atoms with Crippen LogP contribution < -0.4 is 5.32 Å². The summed E-state index contributed by atoms with van der Waals surface area (Å²) in [6.07, 6.45) is 2.42. The molecular formula is C12H15N3O4S. The van der Waals surface area contributed by atoms with E-state index in [-0.39, 0.29) is 10.9 Å². The van der Waals surface area contributed by atoms with E-state index in [1.54, 1.807) is 0 Å². The van der Waals surface area contributed by atoms with Crippen LogP contribution in [0.25, 0.3) is 0 Å². The standard InChI is InChI=1S/C12H15N3O4S/c1-2-11(16)14-10-3-4-12(13-9-10)20(17,18)15-5-7-19-8-6-15/h2-4,9H,1,5-8H2,(H,14,16). The van der Waals surface area contributed by atoms with E-state index < -0.39 is 10.0 Å². The fourth-order valence-electron chi connectivity index (χ4n) is 1.72. The lowest BCUT2D eigenvalue weighted by molar-refractivity contribution is -0.111. The van der Waals surface area contributed by atoms with Crippen molar-refractivity contribution in [1.82, 2.24) is 9.29 Å². The number of rotatable bonds is 4. The molecule has 0 spiro atoms. The van der Waals surface area contributed by atoms with Gasteiger partial charge in [0.1, 0.15) is 0 Å². The molecule has 0 saturated carbocycles. The Hall–Kier alpha value is -1.77. The fraction of sp³-hybridized carbons (Fsp3) is 0.333. The molecule has 1 aromatic heterocycles. The highest BCUT2D eigenvalue weighted by molar-refractivity contribution is 7.89. The minimum absolute atomic E-state index is 0.0454. The third-order valence-electron chi connectivity index (χ3n) is 2.76. The van der Waals surface area contributed by atoms with Crippen molar-refractivity contribution < 1.29 is 17.9 Å². The zero-order valence-electron chi connectivity index (χ0n) is 10.8. The van der Waals surface area contributed by atoms with Gasteiger partial charge in [-0.25, -0.2) is 13.4 Å². The smallest absolute Gasteiger partial charge is 0.260 e. The van der Waals surface area contributed by atoms with Crippen molar-refractivity contribution in [3.05, 3.63) is 31.0 Å². The van der Waals surface area contributed by atoms with E-state index in [9.17, 15) is 13.2 Å². The first-order valence-electron chi connectivity index (χ1n) is 6.01. The number of hydrogen-bond acceptors (Lipinski definition) is 5. The second-order valence-electron chi connectivity index (χ2n) is 4.09. The van der Waals surface area contributed by atoms with E-state index in [2.05, 4.69) is 16.9 Å². The second-order valence-corrected chi connectivity index (χ2v) is 5.98. The molecule has 1 amide bonds. The molecule has 0 aliphatic carbocycles. The molecule has 8 heteroatoms. The van der Waals surface area contributed by atoms with Gasteiger partial charge in [-0.3, -0.25) is 4.79 Å². The van der Waals surface area contributed by atoms with Crippen molar-refractivity contribution >= 4 is 21.6 Å². The summed E-state index contributed by atoms with van der Waals surface area (Å²) < 4.78 is 31.0. The first-order chi connectivity index (χ1) is 9.54. The molecule has 1 saturated heterocycles. The molecule has 2 heterocycles. The zero-order valence-corrected chi connectivity index (χ0v) is 11.6. The van der Waals surface area contributed by atoms with Gasteiger partial charge in [0.2, 0.25) is 5.91 Å². The van der Waals surface area contributed by atoms with Crippen LogP contribution in [0.15, 0.2) is 36.0 Å². The van der Waals surface area contributed by atoms with Crippen molar-refractivity contribution in [3.8, 4) is 0 Å². The van der Waals surface area contributed by atoms with Gasteiger partial charge in [0.25, 0.3) is 10.0 Å². The molecule has 20 heavy (non-hydrogen) atoms. The Balaban J connectivity index is 2.16. The largest absolute Gasteiger partial charge is 0.379 e. The van der Waals surface area contributed by atoms with Gasteiger partial charge in [-0.2, -0.15) is 4.31 Å². The van der Waals surface area contributed by atoms with Gasteiger partial charge in [-0.1, -0.05) is 6.58 Å². The van der Waals surface area contributed by atoms with Gasteiger partial charge in [0.15, 0.2) is 5.03 Å². The molecule has 1 aromatic rings. The maximum atomic E-state index is 12.3. The summed E-state index contributed by atoms with van der Waals surface area (Å²) in [5, 5.41) is 2.46. The lowest BCUT2D eigenvalue weighted by Gasteiger charge is -2.25. The van der Waals surface area contributed by atoms with Crippen LogP contribution in [0.4, 0.5) is 5.69 Å². The predicted molar refractivity (Wildman–Crippen MR) is 72.6 cm³/mol. The van der Waals surface area contributed by atoms with E-state index in [0.717, 1.165) is 6.08 Å². The maximum Gasteiger partial charge on any atom is 0.260 e. The molecule has 1 N–H and O–H groups in total. The molecule has 0 unspecified atom stereocenters. The minimum atomic E-state index is -3.60. The summed E-state index contributed by atoms with van der Waals surface area (Å²) >= 11 is 0. The monoisotopic (exact) mass is 297 g/mol. The van der Waals surface area contributed by atoms with Crippen LogP contribution in [0.3, 0.4) is 0 Å². The van der Waals surface area contributed by atoms with E-state index in [1.165, 1.54) is 22.6 Å². The van der Waals surface area contributed by atoms with Crippen LogP contribution in [0.2, 0.25) is 0 Å². The van der Waals surface area contributed by atoms with Crippen LogP contribution in [-0.2, 0) is 19.6 Å². The third kappa shape index (κ3) is 3.21. The maximum absolute atomic E-state index is 12.3. The van der Waals surface area contributed by atoms with Crippen molar-refractivity contribution in [2.75, 3.05) is 31.6 Å². The minimum Gasteiger partial charge on any atom is -0.379 e. The van der Waals surface area contributed by atoms with Crippen molar-refractivity contribution in [3.63, 3.8) is 0 Å². The van der Waals surface area contributed by atoms with Gasteiger partial charge in [-0.15, -0.1) is 0 Å². The van der Waals surface area contributed by atoms with Gasteiger partial charge in [-0.05, 0) is 18.2 Å². The number of carbonyl (C=O) groups is 1. The normalized spacial score (nSPS) is 16.6. The number of nitrogens with one attached hydrogen (secondary N) is 1. The quantitative estimate of drug-likeness (QED) is 0.804. The summed E-state index contributed by atoms with van der Waals surface area (Å²) in [6.45, 7) is 4.73. The van der Waals surface area contributed by atoms with E-state index >= 15 is 0 Å². The van der Waals surface area contributed by atoms with Crippen molar-refractivity contribution in [1.29, 1.82) is 0 Å². The first-order valence-corrected chi connectivity index (χ1v) is 7.45. The lowest BCUT2D eigenvalue weighted by atomic mass is 10.4. The summed E-state index contributed by atoms with van der Waals surface area (Å²) in [6, 6.07) is 2.85. The number of aromatic nitrogens is 1. The number of ether oxygens (including phenoxy) is 1.